The van der Waals surface area contributed by atoms with Crippen molar-refractivity contribution in [2.45, 2.75) is 24.3 Å². The Morgan fingerprint density at radius 3 is 1.85 bits per heavy atom. The van der Waals surface area contributed by atoms with Gasteiger partial charge in [0.05, 0.1) is 18.8 Å². The Kier molecular flexibility index (Phi) is 7.90. The standard InChI is InChI=1S/C42H37N5O/c1-48-38-20-17-31(18-21-38)32-23-25-46(26-24-32)41-39-27-33(19-22-40(39)43-30-44-41)34-28-45-47(29-34)42(35-11-5-2-6-12-35,36-13-7-3-8-14-36)37-15-9-4-10-16-37/h2-22,27-30,32H,23-26H2,1H3. The minimum Gasteiger partial charge on any atom is -0.497 e. The van der Waals surface area contributed by atoms with Gasteiger partial charge in [-0.05, 0) is 70.8 Å². The molecule has 1 fully saturated rings. The molecule has 2 aromatic heterocycles. The van der Waals surface area contributed by atoms with E-state index in [1.807, 2.05) is 6.20 Å². The molecular weight excluding hydrogens is 590 g/mol. The molecular formula is C42H37N5O. The Hall–Kier alpha value is -5.75. The summed E-state index contributed by atoms with van der Waals surface area (Å²) in [5.74, 6) is 2.42. The summed E-state index contributed by atoms with van der Waals surface area (Å²) in [6.45, 7) is 1.89. The number of hydrogen-bond donors (Lipinski definition) is 0. The van der Waals surface area contributed by atoms with Crippen LogP contribution in [0.25, 0.3) is 22.0 Å². The van der Waals surface area contributed by atoms with Crippen molar-refractivity contribution in [2.24, 2.45) is 0 Å². The van der Waals surface area contributed by atoms with Crippen LogP contribution in [0.5, 0.6) is 5.75 Å². The summed E-state index contributed by atoms with van der Waals surface area (Å²) in [6, 6.07) is 47.0. The first-order valence-electron chi connectivity index (χ1n) is 16.6. The lowest BCUT2D eigenvalue weighted by molar-refractivity contribution is 0.414. The zero-order chi connectivity index (χ0) is 32.3. The zero-order valence-electron chi connectivity index (χ0n) is 27.0. The van der Waals surface area contributed by atoms with Crippen molar-refractivity contribution in [1.29, 1.82) is 0 Å². The van der Waals surface area contributed by atoms with Gasteiger partial charge < -0.3 is 9.64 Å². The van der Waals surface area contributed by atoms with Crippen molar-refractivity contribution in [3.63, 3.8) is 0 Å². The first-order chi connectivity index (χ1) is 23.7. The molecule has 0 radical (unpaired) electrons. The molecule has 6 heteroatoms. The number of aromatic nitrogens is 4. The van der Waals surface area contributed by atoms with E-state index in [1.165, 1.54) is 5.56 Å². The maximum atomic E-state index is 5.36. The minimum absolute atomic E-state index is 0.528. The molecule has 236 valence electrons. The third-order valence-corrected chi connectivity index (χ3v) is 9.83. The number of nitrogens with zero attached hydrogens (tertiary/aromatic N) is 5. The highest BCUT2D eigenvalue weighted by molar-refractivity contribution is 5.92. The maximum Gasteiger partial charge on any atom is 0.139 e. The summed E-state index contributed by atoms with van der Waals surface area (Å²) in [6.07, 6.45) is 8.00. The third kappa shape index (κ3) is 5.29. The lowest BCUT2D eigenvalue weighted by Gasteiger charge is -2.36. The van der Waals surface area contributed by atoms with Crippen LogP contribution in [-0.2, 0) is 5.54 Å². The number of rotatable bonds is 8. The SMILES string of the molecule is COc1ccc(C2CCN(c3ncnc4ccc(-c5cnn(C(c6ccccc6)(c6ccccc6)c6ccccc6)c5)cc34)CC2)cc1. The van der Waals surface area contributed by atoms with Crippen molar-refractivity contribution < 1.29 is 4.74 Å². The van der Waals surface area contributed by atoms with E-state index in [4.69, 9.17) is 14.8 Å². The third-order valence-electron chi connectivity index (χ3n) is 9.83. The van der Waals surface area contributed by atoms with Gasteiger partial charge >= 0.3 is 0 Å². The molecule has 0 atom stereocenters. The number of hydrogen-bond acceptors (Lipinski definition) is 5. The van der Waals surface area contributed by atoms with E-state index in [1.54, 1.807) is 13.4 Å². The second-order valence-electron chi connectivity index (χ2n) is 12.4. The van der Waals surface area contributed by atoms with Crippen LogP contribution < -0.4 is 9.64 Å². The topological polar surface area (TPSA) is 56.1 Å². The van der Waals surface area contributed by atoms with Crippen LogP contribution in [-0.4, -0.2) is 39.9 Å². The first kappa shape index (κ1) is 29.6. The Bertz CT molecular complexity index is 2020. The van der Waals surface area contributed by atoms with E-state index in [0.717, 1.165) is 76.2 Å². The molecule has 0 amide bonds. The highest BCUT2D eigenvalue weighted by Gasteiger charge is 2.39. The fourth-order valence-corrected chi connectivity index (χ4v) is 7.37. The second-order valence-corrected chi connectivity index (χ2v) is 12.4. The van der Waals surface area contributed by atoms with Crippen molar-refractivity contribution in [3.05, 3.63) is 174 Å². The van der Waals surface area contributed by atoms with Gasteiger partial charge in [-0.3, -0.25) is 4.68 Å². The number of methoxy groups -OCH3 is 1. The van der Waals surface area contributed by atoms with Crippen LogP contribution >= 0.6 is 0 Å². The number of ether oxygens (including phenoxy) is 1. The highest BCUT2D eigenvalue weighted by Crippen LogP contribution is 2.41. The summed E-state index contributed by atoms with van der Waals surface area (Å²) in [5.41, 5.74) is 7.21. The molecule has 48 heavy (non-hydrogen) atoms. The molecule has 0 spiro atoms. The van der Waals surface area contributed by atoms with Gasteiger partial charge in [-0.25, -0.2) is 9.97 Å². The van der Waals surface area contributed by atoms with Gasteiger partial charge in [0.1, 0.15) is 23.4 Å². The smallest absolute Gasteiger partial charge is 0.139 e. The second kappa shape index (κ2) is 12.8. The van der Waals surface area contributed by atoms with Crippen molar-refractivity contribution in [2.75, 3.05) is 25.1 Å². The minimum atomic E-state index is -0.665. The van der Waals surface area contributed by atoms with Crippen LogP contribution in [0.4, 0.5) is 5.82 Å². The largest absolute Gasteiger partial charge is 0.497 e. The molecule has 1 aliphatic heterocycles. The van der Waals surface area contributed by atoms with E-state index >= 15 is 0 Å². The van der Waals surface area contributed by atoms with Crippen molar-refractivity contribution in [3.8, 4) is 16.9 Å². The molecule has 0 N–H and O–H groups in total. The Morgan fingerprint density at radius 1 is 0.667 bits per heavy atom. The number of fused-ring (bicyclic) bond motifs is 1. The van der Waals surface area contributed by atoms with E-state index in [9.17, 15) is 0 Å². The lowest BCUT2D eigenvalue weighted by Crippen LogP contribution is -2.38. The fourth-order valence-electron chi connectivity index (χ4n) is 7.37. The summed E-state index contributed by atoms with van der Waals surface area (Å²) in [4.78, 5) is 11.9. The quantitative estimate of drug-likeness (QED) is 0.158. The monoisotopic (exact) mass is 627 g/mol. The van der Waals surface area contributed by atoms with Gasteiger partial charge in [0.15, 0.2) is 0 Å². The molecule has 0 unspecified atom stereocenters. The first-order valence-corrected chi connectivity index (χ1v) is 16.6. The van der Waals surface area contributed by atoms with Crippen LogP contribution in [0.15, 0.2) is 152 Å². The van der Waals surface area contributed by atoms with Crippen molar-refractivity contribution >= 4 is 16.7 Å². The molecule has 7 aromatic rings. The molecule has 5 aromatic carbocycles. The predicted molar refractivity (Wildman–Crippen MR) is 193 cm³/mol. The normalized spacial score (nSPS) is 13.9. The van der Waals surface area contributed by atoms with E-state index in [0.29, 0.717) is 5.92 Å². The molecule has 8 rings (SSSR count). The Labute approximate surface area is 281 Å². The Balaban J connectivity index is 1.16. The predicted octanol–water partition coefficient (Wildman–Crippen LogP) is 8.73. The van der Waals surface area contributed by atoms with Crippen molar-refractivity contribution in [1.82, 2.24) is 19.7 Å². The number of benzene rings is 5. The maximum absolute atomic E-state index is 5.36. The highest BCUT2D eigenvalue weighted by atomic mass is 16.5. The molecule has 1 aliphatic rings. The zero-order valence-corrected chi connectivity index (χ0v) is 27.0. The van der Waals surface area contributed by atoms with Gasteiger partial charge in [-0.2, -0.15) is 5.10 Å². The average Bonchev–Trinajstić information content (AvgIpc) is 3.67. The molecule has 3 heterocycles. The summed E-state index contributed by atoms with van der Waals surface area (Å²) in [5, 5.41) is 6.16. The number of anilines is 1. The fraction of sp³-hybridized carbons (Fsp3) is 0.167. The number of piperidine rings is 1. The van der Waals surface area contributed by atoms with Crippen LogP contribution in [0.2, 0.25) is 0 Å². The lowest BCUT2D eigenvalue weighted by atomic mass is 9.77. The van der Waals surface area contributed by atoms with Gasteiger partial charge in [0.25, 0.3) is 0 Å². The molecule has 1 saturated heterocycles. The van der Waals surface area contributed by atoms with Gasteiger partial charge in [-0.15, -0.1) is 0 Å². The Morgan fingerprint density at radius 2 is 1.27 bits per heavy atom. The molecule has 0 bridgehead atoms. The van der Waals surface area contributed by atoms with Gasteiger partial charge in [0.2, 0.25) is 0 Å². The average molecular weight is 628 g/mol. The van der Waals surface area contributed by atoms with E-state index in [2.05, 4.69) is 154 Å². The van der Waals surface area contributed by atoms with Gasteiger partial charge in [0, 0.05) is 30.2 Å². The van der Waals surface area contributed by atoms with Crippen LogP contribution in [0.1, 0.15) is 41.0 Å². The van der Waals surface area contributed by atoms with Crippen LogP contribution in [0, 0.1) is 0 Å². The van der Waals surface area contributed by atoms with Gasteiger partial charge in [-0.1, -0.05) is 109 Å². The van der Waals surface area contributed by atoms with E-state index < -0.39 is 5.54 Å². The molecule has 0 aliphatic carbocycles. The van der Waals surface area contributed by atoms with E-state index in [-0.39, 0.29) is 0 Å². The van der Waals surface area contributed by atoms with Crippen LogP contribution in [0.3, 0.4) is 0 Å². The summed E-state index contributed by atoms with van der Waals surface area (Å²) >= 11 is 0. The summed E-state index contributed by atoms with van der Waals surface area (Å²) in [7, 11) is 1.71. The molecule has 6 nitrogen and oxygen atoms in total. The summed E-state index contributed by atoms with van der Waals surface area (Å²) < 4.78 is 7.49. The molecule has 0 saturated carbocycles.